The lowest BCUT2D eigenvalue weighted by molar-refractivity contribution is -0.163. The molecule has 0 aliphatic heterocycles. The Kier molecular flexibility index (Phi) is 30.5. The van der Waals surface area contributed by atoms with Crippen LogP contribution >= 0.6 is 11.3 Å². The van der Waals surface area contributed by atoms with Crippen molar-refractivity contribution in [3.8, 4) is 0 Å². The summed E-state index contributed by atoms with van der Waals surface area (Å²) in [6.07, 6.45) is 24.2. The fraction of sp³-hybridized carbons (Fsp3) is 0.692. The molecule has 96 heavy (non-hydrogen) atoms. The van der Waals surface area contributed by atoms with Gasteiger partial charge in [0, 0.05) is 40.1 Å². The van der Waals surface area contributed by atoms with E-state index in [0.29, 0.717) is 16.2 Å². The number of carbonyl (C=O) groups excluding carboxylic acids is 4. The molecule has 18 heteroatoms. The maximum atomic E-state index is 12.1. The normalized spacial score (nSPS) is 25.2. The van der Waals surface area contributed by atoms with E-state index in [2.05, 4.69) is 46.9 Å². The van der Waals surface area contributed by atoms with Crippen LogP contribution in [-0.2, 0) is 28.7 Å². The third-order valence-electron chi connectivity index (χ3n) is 21.9. The summed E-state index contributed by atoms with van der Waals surface area (Å²) >= 11 is 1.18. The van der Waals surface area contributed by atoms with Gasteiger partial charge in [0.05, 0.1) is 52.4 Å². The minimum absolute atomic E-state index is 0.0128. The maximum absolute atomic E-state index is 12.1. The number of amides is 3. The molecule has 0 unspecified atom stereocenters. The average Bonchev–Trinajstić information content (AvgIpc) is 0.868. The molecule has 9 fully saturated rings. The number of hydrogen-bond acceptors (Lipinski definition) is 11. The molecule has 9 saturated carbocycles. The second kappa shape index (κ2) is 35.6. The van der Waals surface area contributed by atoms with Gasteiger partial charge in [0.25, 0.3) is 0 Å². The van der Waals surface area contributed by atoms with Gasteiger partial charge in [0.1, 0.15) is 4.88 Å². The first-order chi connectivity index (χ1) is 44.7. The second-order valence-electron chi connectivity index (χ2n) is 32.0. The van der Waals surface area contributed by atoms with Gasteiger partial charge in [-0.25, -0.2) is 14.4 Å². The molecule has 3 aromatic rings. The number of carboxylic acids is 4. The zero-order valence-corrected chi connectivity index (χ0v) is 62.3. The molecule has 1 heterocycles. The molecule has 9 aliphatic rings. The number of thiophene rings is 1. The summed E-state index contributed by atoms with van der Waals surface area (Å²) in [5.74, 6) is -1.28. The zero-order chi connectivity index (χ0) is 72.5. The molecule has 17 nitrogen and oxygen atoms in total. The van der Waals surface area contributed by atoms with E-state index >= 15 is 0 Å². The minimum atomic E-state index is -0.961. The topological polar surface area (TPSA) is 265 Å². The van der Waals surface area contributed by atoms with Crippen molar-refractivity contribution < 1.29 is 68.6 Å². The van der Waals surface area contributed by atoms with E-state index in [9.17, 15) is 48.6 Å². The number of methoxy groups -OCH3 is 1. The number of aromatic carboxylic acids is 3. The van der Waals surface area contributed by atoms with Crippen molar-refractivity contribution in [1.82, 2.24) is 15.1 Å². The average molecular weight is 1360 g/mol. The first-order valence-corrected chi connectivity index (χ1v) is 36.2. The molecule has 0 radical (unpaired) electrons. The van der Waals surface area contributed by atoms with Gasteiger partial charge >= 0.3 is 29.8 Å². The van der Waals surface area contributed by atoms with Crippen LogP contribution in [0.2, 0.25) is 0 Å². The van der Waals surface area contributed by atoms with E-state index < -0.39 is 23.9 Å². The molecule has 3 atom stereocenters. The summed E-state index contributed by atoms with van der Waals surface area (Å²) in [6, 6.07) is 16.2. The van der Waals surface area contributed by atoms with Crippen molar-refractivity contribution in [3.05, 3.63) is 92.7 Å². The van der Waals surface area contributed by atoms with Crippen LogP contribution in [0.1, 0.15) is 282 Å². The molecule has 12 rings (SSSR count). The van der Waals surface area contributed by atoms with Gasteiger partial charge in [-0.2, -0.15) is 0 Å². The number of hydrogen-bond donors (Lipinski definition) is 6. The van der Waals surface area contributed by atoms with Crippen LogP contribution < -0.4 is 5.32 Å². The number of ether oxygens (including phenoxy) is 1. The minimum Gasteiger partial charge on any atom is -0.481 e. The van der Waals surface area contributed by atoms with Crippen LogP contribution in [0.25, 0.3) is 0 Å². The molecule has 538 valence electrons. The highest BCUT2D eigenvalue weighted by Gasteiger charge is 2.54. The van der Waals surface area contributed by atoms with Crippen molar-refractivity contribution in [2.24, 2.45) is 62.6 Å². The van der Waals surface area contributed by atoms with Crippen molar-refractivity contribution in [2.75, 3.05) is 42.3 Å². The fourth-order valence-electron chi connectivity index (χ4n) is 16.5. The number of esters is 1. The number of nitrogens with one attached hydrogen (secondary N) is 1. The highest BCUT2D eigenvalue weighted by molar-refractivity contribution is 7.14. The Hall–Kier alpha value is -6.14. The standard InChI is InChI=1S/C14H19NO3.C14H24O2.C13H17NO3.C13H22O2.C12H17NO3S.C12H22O/c1-9(2)12(13(16)15(3)4)10-5-7-11(8-6-10)14(17)18;1-11(2)10-13-4-7-14(8-5-13,9-6-13)12(15)16-3;1-8(2)11(12(15)14-3)9-4-6-10(7-5-9)13(16)17;1-10(2)9-12-3-6-13(7-4-12,8-5-12)11(14)15;1-7(2)10(11(14)13(3)4)8-5-6-9(17-8)12(15)16;1-10(2)9-11-3-6-12(13,7-4-11)8-5-11/h5-9,12H,1-4H3,(H,17,18);11H,4-10H2,1-3H3;4-8,11H,1-3H3,(H,14,15)(H,16,17);10H,3-9H2,1-2H3,(H,14,15);5-7,10H,1-4H3,(H,15,16);10,13H,3-9H2,1-2H3/t12-;;11-;;10-;/m1.1.1./s1. The van der Waals surface area contributed by atoms with Crippen LogP contribution in [0.5, 0.6) is 0 Å². The predicted octanol–water partition coefficient (Wildman–Crippen LogP) is 16.5. The SMILES string of the molecule is CC(C)CC12CCC(C(=O)O)(CC1)CC2.CC(C)CC12CCC(O)(CC1)CC2.CC(C)[C@@H](C(=O)N(C)C)c1ccc(C(=O)O)cc1.CC(C)[C@@H](C(=O)N(C)C)c1ccc(C(=O)O)s1.CNC(=O)[C@@H](c1ccc(C(=O)O)cc1)C(C)C.COC(=O)C12CCC(CC(C)C)(CC1)CC2. The summed E-state index contributed by atoms with van der Waals surface area (Å²) in [5, 5.41) is 48.5. The third-order valence-corrected chi connectivity index (χ3v) is 23.0. The molecule has 1 aromatic heterocycles. The first kappa shape index (κ1) is 82.3. The zero-order valence-electron chi connectivity index (χ0n) is 61.5. The molecular weight excluding hydrogens is 1230 g/mol. The highest BCUT2D eigenvalue weighted by atomic mass is 32.1. The van der Waals surface area contributed by atoms with Gasteiger partial charge in [-0.1, -0.05) is 107 Å². The van der Waals surface area contributed by atoms with Gasteiger partial charge in [-0.05, 0) is 234 Å². The lowest BCUT2D eigenvalue weighted by atomic mass is 9.52. The van der Waals surface area contributed by atoms with Crippen LogP contribution in [0.4, 0.5) is 0 Å². The van der Waals surface area contributed by atoms with E-state index in [4.69, 9.17) is 20.1 Å². The van der Waals surface area contributed by atoms with Gasteiger partial charge in [0.15, 0.2) is 0 Å². The highest BCUT2D eigenvalue weighted by Crippen LogP contribution is 2.61. The van der Waals surface area contributed by atoms with Gasteiger partial charge in [-0.3, -0.25) is 24.0 Å². The smallest absolute Gasteiger partial charge is 0.345 e. The molecule has 6 bridgehead atoms. The largest absolute Gasteiger partial charge is 0.481 e. The van der Waals surface area contributed by atoms with Crippen molar-refractivity contribution in [2.45, 2.75) is 241 Å². The fourth-order valence-corrected chi connectivity index (χ4v) is 17.6. The van der Waals surface area contributed by atoms with Crippen LogP contribution in [0.15, 0.2) is 60.7 Å². The van der Waals surface area contributed by atoms with E-state index in [1.807, 2.05) is 41.5 Å². The number of carboxylic acid groups (broad SMARTS) is 4. The Morgan fingerprint density at radius 2 is 0.771 bits per heavy atom. The monoisotopic (exact) mass is 1360 g/mol. The lowest BCUT2D eigenvalue weighted by Gasteiger charge is -2.52. The van der Waals surface area contributed by atoms with E-state index in [0.717, 1.165) is 111 Å². The number of likely N-dealkylation sites (N-methyl/N-ethyl adjacent to an activating group) is 3. The Labute approximate surface area is 578 Å². The number of nitrogens with zero attached hydrogens (tertiary/aromatic N) is 2. The van der Waals surface area contributed by atoms with Gasteiger partial charge in [0.2, 0.25) is 17.7 Å². The Balaban J connectivity index is 0.000000245. The summed E-state index contributed by atoms with van der Waals surface area (Å²) in [4.78, 5) is 95.6. The molecule has 0 saturated heterocycles. The first-order valence-electron chi connectivity index (χ1n) is 35.4. The second-order valence-corrected chi connectivity index (χ2v) is 33.1. The lowest BCUT2D eigenvalue weighted by Crippen LogP contribution is -2.46. The Bertz CT molecular complexity index is 2970. The van der Waals surface area contributed by atoms with Crippen LogP contribution in [0, 0.1) is 62.6 Å². The predicted molar refractivity (Wildman–Crippen MR) is 381 cm³/mol. The van der Waals surface area contributed by atoms with E-state index in [1.54, 1.807) is 81.4 Å². The summed E-state index contributed by atoms with van der Waals surface area (Å²) in [5.41, 5.74) is 3.16. The number of rotatable bonds is 20. The Morgan fingerprint density at radius 1 is 0.448 bits per heavy atom. The number of benzene rings is 2. The number of carbonyl (C=O) groups is 8. The van der Waals surface area contributed by atoms with Gasteiger partial charge < -0.3 is 45.4 Å². The van der Waals surface area contributed by atoms with Crippen molar-refractivity contribution in [1.29, 1.82) is 0 Å². The molecule has 0 spiro atoms. The molecule has 3 amide bonds. The number of fused-ring (bicyclic) bond motifs is 9. The summed E-state index contributed by atoms with van der Waals surface area (Å²) < 4.78 is 4.98. The summed E-state index contributed by atoms with van der Waals surface area (Å²) in [7, 11) is 10.0. The Morgan fingerprint density at radius 3 is 1.04 bits per heavy atom. The van der Waals surface area contributed by atoms with E-state index in [1.165, 1.54) is 100 Å². The third kappa shape index (κ3) is 22.2. The van der Waals surface area contributed by atoms with Crippen molar-refractivity contribution in [3.63, 3.8) is 0 Å². The number of aliphatic hydroxyl groups is 1. The molecule has 2 aromatic carbocycles. The van der Waals surface area contributed by atoms with Crippen LogP contribution in [-0.4, -0.2) is 131 Å². The van der Waals surface area contributed by atoms with Crippen LogP contribution in [0.3, 0.4) is 0 Å². The van der Waals surface area contributed by atoms with Gasteiger partial charge in [-0.15, -0.1) is 11.3 Å². The quantitative estimate of drug-likeness (QED) is 0.0575. The van der Waals surface area contributed by atoms with E-state index in [-0.39, 0.29) is 91.6 Å². The molecule has 9 aliphatic carbocycles. The summed E-state index contributed by atoms with van der Waals surface area (Å²) in [6.45, 7) is 25.7. The molecule has 6 N–H and O–H groups in total. The number of aliphatic carboxylic acids is 1. The van der Waals surface area contributed by atoms with Crippen molar-refractivity contribution >= 4 is 58.9 Å². The maximum Gasteiger partial charge on any atom is 0.345 e. The molecular formula is C78H121N3O14S.